The standard InChI is InChI=1S/C19H20ClN3OS/c1-12-6-8-23(9-7-12)10-16-21-18(24)17-15(11-25-19(17)22-16)13-2-4-14(20)5-3-13/h2-5,11-12H,6-10H2,1H3,(H,21,22,24). The highest BCUT2D eigenvalue weighted by atomic mass is 35.5. The van der Waals surface area contributed by atoms with Crippen molar-refractivity contribution in [3.63, 3.8) is 0 Å². The monoisotopic (exact) mass is 373 g/mol. The second kappa shape index (κ2) is 6.90. The molecular formula is C19H20ClN3OS. The molecule has 0 unspecified atom stereocenters. The van der Waals surface area contributed by atoms with Crippen molar-refractivity contribution in [2.75, 3.05) is 13.1 Å². The van der Waals surface area contributed by atoms with Crippen LogP contribution in [-0.4, -0.2) is 28.0 Å². The summed E-state index contributed by atoms with van der Waals surface area (Å²) in [4.78, 5) is 23.6. The molecule has 0 aliphatic carbocycles. The molecule has 0 amide bonds. The number of likely N-dealkylation sites (tertiary alicyclic amines) is 1. The molecule has 6 heteroatoms. The van der Waals surface area contributed by atoms with Crippen LogP contribution in [0.5, 0.6) is 0 Å². The number of H-pyrrole nitrogens is 1. The van der Waals surface area contributed by atoms with Crippen LogP contribution in [0.3, 0.4) is 0 Å². The SMILES string of the molecule is CC1CCN(Cc2nc3scc(-c4ccc(Cl)cc4)c3c(=O)[nH]2)CC1. The third-order valence-electron chi connectivity index (χ3n) is 4.90. The second-order valence-electron chi connectivity index (χ2n) is 6.81. The fourth-order valence-electron chi connectivity index (χ4n) is 3.34. The average Bonchev–Trinajstić information content (AvgIpc) is 3.02. The number of fused-ring (bicyclic) bond motifs is 1. The van der Waals surface area contributed by atoms with Gasteiger partial charge in [0.05, 0.1) is 11.9 Å². The molecule has 0 bridgehead atoms. The molecule has 1 aliphatic heterocycles. The van der Waals surface area contributed by atoms with Crippen LogP contribution in [0.25, 0.3) is 21.3 Å². The largest absolute Gasteiger partial charge is 0.309 e. The van der Waals surface area contributed by atoms with Gasteiger partial charge in [-0.15, -0.1) is 11.3 Å². The minimum absolute atomic E-state index is 0.0587. The lowest BCUT2D eigenvalue weighted by Gasteiger charge is -2.29. The number of nitrogens with one attached hydrogen (secondary N) is 1. The van der Waals surface area contributed by atoms with Gasteiger partial charge in [-0.25, -0.2) is 4.98 Å². The molecule has 4 nitrogen and oxygen atoms in total. The van der Waals surface area contributed by atoms with E-state index in [1.54, 1.807) is 0 Å². The third-order valence-corrected chi connectivity index (χ3v) is 6.02. The molecule has 0 saturated carbocycles. The van der Waals surface area contributed by atoms with Crippen molar-refractivity contribution in [2.45, 2.75) is 26.3 Å². The number of aromatic nitrogens is 2. The van der Waals surface area contributed by atoms with Crippen LogP contribution >= 0.6 is 22.9 Å². The maximum atomic E-state index is 12.7. The van der Waals surface area contributed by atoms with Gasteiger partial charge in [0.15, 0.2) is 0 Å². The molecule has 1 fully saturated rings. The number of halogens is 1. The quantitative estimate of drug-likeness (QED) is 0.733. The summed E-state index contributed by atoms with van der Waals surface area (Å²) in [5.41, 5.74) is 1.85. The van der Waals surface area contributed by atoms with Crippen LogP contribution in [-0.2, 0) is 6.54 Å². The number of piperidine rings is 1. The Labute approximate surface area is 155 Å². The first-order valence-electron chi connectivity index (χ1n) is 8.59. The number of hydrogen-bond acceptors (Lipinski definition) is 4. The first-order chi connectivity index (χ1) is 12.1. The van der Waals surface area contributed by atoms with Gasteiger partial charge in [-0.3, -0.25) is 9.69 Å². The Morgan fingerprint density at radius 1 is 1.28 bits per heavy atom. The topological polar surface area (TPSA) is 49.0 Å². The van der Waals surface area contributed by atoms with Crippen molar-refractivity contribution in [3.05, 3.63) is 50.8 Å². The third kappa shape index (κ3) is 3.50. The first-order valence-corrected chi connectivity index (χ1v) is 9.84. The average molecular weight is 374 g/mol. The molecule has 3 aromatic rings. The van der Waals surface area contributed by atoms with Gasteiger partial charge in [0.25, 0.3) is 5.56 Å². The lowest BCUT2D eigenvalue weighted by atomic mass is 9.99. The van der Waals surface area contributed by atoms with Gasteiger partial charge in [0.1, 0.15) is 10.7 Å². The Kier molecular flexibility index (Phi) is 4.63. The normalized spacial score (nSPS) is 16.6. The number of hydrogen-bond donors (Lipinski definition) is 1. The Morgan fingerprint density at radius 3 is 2.72 bits per heavy atom. The van der Waals surface area contributed by atoms with Gasteiger partial charge in [-0.05, 0) is 49.5 Å². The summed E-state index contributed by atoms with van der Waals surface area (Å²) in [5, 5.41) is 3.36. The molecule has 2 aromatic heterocycles. The zero-order valence-electron chi connectivity index (χ0n) is 14.1. The summed E-state index contributed by atoms with van der Waals surface area (Å²) >= 11 is 7.48. The summed E-state index contributed by atoms with van der Waals surface area (Å²) < 4.78 is 0. The second-order valence-corrected chi connectivity index (χ2v) is 8.10. The summed E-state index contributed by atoms with van der Waals surface area (Å²) in [6.45, 7) is 5.16. The predicted molar refractivity (Wildman–Crippen MR) is 104 cm³/mol. The van der Waals surface area contributed by atoms with Gasteiger partial charge in [0, 0.05) is 16.0 Å². The smallest absolute Gasteiger partial charge is 0.260 e. The minimum Gasteiger partial charge on any atom is -0.309 e. The molecule has 1 saturated heterocycles. The molecule has 25 heavy (non-hydrogen) atoms. The zero-order chi connectivity index (χ0) is 17.4. The maximum Gasteiger partial charge on any atom is 0.260 e. The molecule has 0 atom stereocenters. The molecule has 0 spiro atoms. The van der Waals surface area contributed by atoms with Crippen molar-refractivity contribution in [1.29, 1.82) is 0 Å². The van der Waals surface area contributed by atoms with Crippen molar-refractivity contribution in [2.24, 2.45) is 5.92 Å². The Morgan fingerprint density at radius 2 is 2.00 bits per heavy atom. The van der Waals surface area contributed by atoms with E-state index in [-0.39, 0.29) is 5.56 Å². The van der Waals surface area contributed by atoms with E-state index >= 15 is 0 Å². The van der Waals surface area contributed by atoms with Gasteiger partial charge in [-0.1, -0.05) is 30.7 Å². The predicted octanol–water partition coefficient (Wildman–Crippen LogP) is 4.54. The van der Waals surface area contributed by atoms with Gasteiger partial charge < -0.3 is 4.98 Å². The van der Waals surface area contributed by atoms with E-state index in [9.17, 15) is 4.79 Å². The highest BCUT2D eigenvalue weighted by Gasteiger charge is 2.18. The molecule has 4 rings (SSSR count). The van der Waals surface area contributed by atoms with Crippen LogP contribution in [0.2, 0.25) is 5.02 Å². The summed E-state index contributed by atoms with van der Waals surface area (Å²) in [5.74, 6) is 1.56. The van der Waals surface area contributed by atoms with Crippen LogP contribution in [0.1, 0.15) is 25.6 Å². The van der Waals surface area contributed by atoms with E-state index < -0.39 is 0 Å². The lowest BCUT2D eigenvalue weighted by molar-refractivity contribution is 0.181. The number of rotatable bonds is 3. The van der Waals surface area contributed by atoms with Gasteiger partial charge >= 0.3 is 0 Å². The van der Waals surface area contributed by atoms with Gasteiger partial charge in [-0.2, -0.15) is 0 Å². The van der Waals surface area contributed by atoms with E-state index in [1.807, 2.05) is 29.6 Å². The van der Waals surface area contributed by atoms with E-state index in [1.165, 1.54) is 24.2 Å². The Bertz CT molecular complexity index is 939. The number of thiophene rings is 1. The fraction of sp³-hybridized carbons (Fsp3) is 0.368. The van der Waals surface area contributed by atoms with Crippen molar-refractivity contribution < 1.29 is 0 Å². The molecule has 1 aromatic carbocycles. The molecule has 130 valence electrons. The van der Waals surface area contributed by atoms with Gasteiger partial charge in [0.2, 0.25) is 0 Å². The molecule has 3 heterocycles. The number of benzene rings is 1. The van der Waals surface area contributed by atoms with Crippen molar-refractivity contribution >= 4 is 33.2 Å². The highest BCUT2D eigenvalue weighted by molar-refractivity contribution is 7.17. The van der Waals surface area contributed by atoms with Crippen molar-refractivity contribution in [1.82, 2.24) is 14.9 Å². The summed E-state index contributed by atoms with van der Waals surface area (Å²) in [7, 11) is 0. The summed E-state index contributed by atoms with van der Waals surface area (Å²) in [6, 6.07) is 7.56. The van der Waals surface area contributed by atoms with E-state index in [4.69, 9.17) is 16.6 Å². The highest BCUT2D eigenvalue weighted by Crippen LogP contribution is 2.31. The Hall–Kier alpha value is -1.69. The zero-order valence-corrected chi connectivity index (χ0v) is 15.7. The van der Waals surface area contributed by atoms with E-state index in [0.29, 0.717) is 17.0 Å². The van der Waals surface area contributed by atoms with E-state index in [0.717, 1.165) is 40.8 Å². The van der Waals surface area contributed by atoms with E-state index in [2.05, 4.69) is 16.8 Å². The molecule has 1 N–H and O–H groups in total. The lowest BCUT2D eigenvalue weighted by Crippen LogP contribution is -2.33. The maximum absolute atomic E-state index is 12.7. The molecular weight excluding hydrogens is 354 g/mol. The number of aromatic amines is 1. The van der Waals surface area contributed by atoms with Crippen LogP contribution in [0, 0.1) is 5.92 Å². The molecule has 0 radical (unpaired) electrons. The Balaban J connectivity index is 1.65. The fourth-order valence-corrected chi connectivity index (χ4v) is 4.44. The summed E-state index contributed by atoms with van der Waals surface area (Å²) in [6.07, 6.45) is 2.43. The number of nitrogens with zero attached hydrogens (tertiary/aromatic N) is 2. The molecule has 1 aliphatic rings. The van der Waals surface area contributed by atoms with Crippen LogP contribution in [0.4, 0.5) is 0 Å². The van der Waals surface area contributed by atoms with Crippen LogP contribution < -0.4 is 5.56 Å². The van der Waals surface area contributed by atoms with Crippen LogP contribution in [0.15, 0.2) is 34.4 Å². The van der Waals surface area contributed by atoms with Crippen molar-refractivity contribution in [3.8, 4) is 11.1 Å². The first kappa shape index (κ1) is 16.8. The minimum atomic E-state index is -0.0587.